The van der Waals surface area contributed by atoms with E-state index in [2.05, 4.69) is 67.5 Å². The SMILES string of the molecule is CC.CC.CC.CC.CC.CCCCC(CCCCCS)CSCCCCCCCCCN(CCO)CCCCCCCCCSCC(CCC)CCCCCS. The van der Waals surface area contributed by atoms with Crippen molar-refractivity contribution in [3.05, 3.63) is 0 Å². The van der Waals surface area contributed by atoms with Crippen LogP contribution in [0.3, 0.4) is 0 Å². The fourth-order valence-electron chi connectivity index (χ4n) is 6.79. The molecule has 2 atom stereocenters. The Bertz CT molecular complexity index is 571. The maximum absolute atomic E-state index is 9.55. The largest absolute Gasteiger partial charge is 0.395 e. The van der Waals surface area contributed by atoms with Crippen LogP contribution in [0.1, 0.15) is 256 Å². The van der Waals surface area contributed by atoms with Gasteiger partial charge < -0.3 is 10.0 Å². The number of hydrogen-bond acceptors (Lipinski definition) is 6. The highest BCUT2D eigenvalue weighted by Crippen LogP contribution is 2.24. The lowest BCUT2D eigenvalue weighted by Crippen LogP contribution is -2.29. The fraction of sp³-hybridized carbons (Fsp3) is 1.00. The summed E-state index contributed by atoms with van der Waals surface area (Å²) in [6.45, 7) is 28.2. The molecule has 0 heterocycles. The minimum atomic E-state index is 0.306. The molecule has 0 aliphatic carbocycles. The quantitative estimate of drug-likeness (QED) is 0.0421. The van der Waals surface area contributed by atoms with Crippen molar-refractivity contribution in [3.8, 4) is 0 Å². The van der Waals surface area contributed by atoms with Crippen molar-refractivity contribution in [1.29, 1.82) is 0 Å². The maximum Gasteiger partial charge on any atom is 0.0558 e. The van der Waals surface area contributed by atoms with E-state index in [0.29, 0.717) is 6.61 Å². The summed E-state index contributed by atoms with van der Waals surface area (Å²) in [5.41, 5.74) is 0. The van der Waals surface area contributed by atoms with E-state index in [-0.39, 0.29) is 0 Å². The molecule has 0 radical (unpaired) electrons. The van der Waals surface area contributed by atoms with E-state index in [1.807, 2.05) is 69.2 Å². The Labute approximate surface area is 385 Å². The van der Waals surface area contributed by atoms with E-state index in [0.717, 1.165) is 29.9 Å². The van der Waals surface area contributed by atoms with Gasteiger partial charge in [0.2, 0.25) is 0 Å². The molecule has 0 aromatic heterocycles. The predicted molar refractivity (Wildman–Crippen MR) is 286 cm³/mol. The summed E-state index contributed by atoms with van der Waals surface area (Å²) in [4.78, 5) is 2.52. The van der Waals surface area contributed by atoms with Crippen LogP contribution in [0.2, 0.25) is 0 Å². The van der Waals surface area contributed by atoms with Crippen LogP contribution in [0.5, 0.6) is 0 Å². The van der Waals surface area contributed by atoms with E-state index in [1.165, 1.54) is 209 Å². The number of unbranched alkanes of at least 4 members (excludes halogenated alkanes) is 17. The Morgan fingerprint density at radius 3 is 1.07 bits per heavy atom. The fourth-order valence-corrected chi connectivity index (χ4v) is 9.72. The van der Waals surface area contributed by atoms with Crippen LogP contribution < -0.4 is 0 Å². The molecule has 0 spiro atoms. The molecule has 1 N–H and O–H groups in total. The molecule has 6 heteroatoms. The highest BCUT2D eigenvalue weighted by Gasteiger charge is 2.10. The van der Waals surface area contributed by atoms with E-state index in [9.17, 15) is 5.11 Å². The Hall–Kier alpha value is 1.32. The zero-order valence-corrected chi connectivity index (χ0v) is 45.3. The molecule has 0 aromatic rings. The summed E-state index contributed by atoms with van der Waals surface area (Å²) < 4.78 is 0. The van der Waals surface area contributed by atoms with E-state index < -0.39 is 0 Å². The summed E-state index contributed by atoms with van der Waals surface area (Å²) >= 11 is 13.2. The Morgan fingerprint density at radius 2 is 0.719 bits per heavy atom. The van der Waals surface area contributed by atoms with Gasteiger partial charge in [0.25, 0.3) is 0 Å². The van der Waals surface area contributed by atoms with E-state index in [4.69, 9.17) is 0 Å². The number of rotatable bonds is 41. The van der Waals surface area contributed by atoms with Gasteiger partial charge in [-0.05, 0) is 124 Å². The van der Waals surface area contributed by atoms with Crippen LogP contribution in [0, 0.1) is 11.8 Å². The van der Waals surface area contributed by atoms with Crippen molar-refractivity contribution in [2.75, 3.05) is 60.8 Å². The second kappa shape index (κ2) is 74.7. The Morgan fingerprint density at radius 1 is 0.386 bits per heavy atom. The first kappa shape index (κ1) is 70.0. The molecule has 2 nitrogen and oxygen atoms in total. The van der Waals surface area contributed by atoms with Crippen LogP contribution in [-0.4, -0.2) is 70.8 Å². The van der Waals surface area contributed by atoms with Crippen molar-refractivity contribution in [2.45, 2.75) is 256 Å². The standard InChI is InChI=1S/C41H85NOS4.5C2H6/c1-3-5-27-41(29-19-17-23-35-45)39-47-37-25-15-11-7-9-13-21-31-42(32-33-43)30-20-12-8-6-10-14-24-36-46-38-40(26-4-2)28-18-16-22-34-44;5*1-2/h40-41,43-45H,3-39H2,1-2H3;5*1-2H3. The van der Waals surface area contributed by atoms with Gasteiger partial charge >= 0.3 is 0 Å². The van der Waals surface area contributed by atoms with Crippen LogP contribution in [0.25, 0.3) is 0 Å². The third-order valence-electron chi connectivity index (χ3n) is 9.85. The lowest BCUT2D eigenvalue weighted by molar-refractivity contribution is 0.190. The van der Waals surface area contributed by atoms with Crippen LogP contribution in [-0.2, 0) is 0 Å². The Balaban J connectivity index is -0.000000598. The van der Waals surface area contributed by atoms with Crippen molar-refractivity contribution >= 4 is 48.8 Å². The first-order valence-electron chi connectivity index (χ1n) is 25.9. The van der Waals surface area contributed by atoms with Crippen molar-refractivity contribution in [1.82, 2.24) is 4.90 Å². The third-order valence-corrected chi connectivity index (χ3v) is 13.1. The van der Waals surface area contributed by atoms with Crippen molar-refractivity contribution < 1.29 is 5.11 Å². The normalized spacial score (nSPS) is 11.4. The van der Waals surface area contributed by atoms with Gasteiger partial charge in [-0.3, -0.25) is 0 Å². The second-order valence-corrected chi connectivity index (χ2v) is 17.7. The van der Waals surface area contributed by atoms with Crippen LogP contribution in [0.15, 0.2) is 0 Å². The molecule has 0 aliphatic heterocycles. The smallest absolute Gasteiger partial charge is 0.0558 e. The third kappa shape index (κ3) is 66.6. The minimum absolute atomic E-state index is 0.306. The van der Waals surface area contributed by atoms with E-state index in [1.54, 1.807) is 0 Å². The number of aliphatic hydroxyl groups excluding tert-OH is 1. The average molecular weight is 887 g/mol. The van der Waals surface area contributed by atoms with Gasteiger partial charge in [0.05, 0.1) is 6.61 Å². The molecule has 0 saturated carbocycles. The topological polar surface area (TPSA) is 23.5 Å². The summed E-state index contributed by atoms with van der Waals surface area (Å²) in [5, 5.41) is 9.55. The molecule has 0 aliphatic rings. The first-order chi connectivity index (χ1) is 28.2. The van der Waals surface area contributed by atoms with Crippen LogP contribution in [0.4, 0.5) is 0 Å². The molecular formula is C51H115NOS4. The summed E-state index contributed by atoms with van der Waals surface area (Å²) in [7, 11) is 0. The molecule has 57 heavy (non-hydrogen) atoms. The molecule has 2 unspecified atom stereocenters. The molecule has 0 bridgehead atoms. The first-order valence-corrected chi connectivity index (χ1v) is 29.5. The van der Waals surface area contributed by atoms with Crippen LogP contribution >= 0.6 is 48.8 Å². The van der Waals surface area contributed by atoms with Gasteiger partial charge in [0.15, 0.2) is 0 Å². The average Bonchev–Trinajstić information content (AvgIpc) is 3.27. The van der Waals surface area contributed by atoms with Gasteiger partial charge in [-0.1, -0.05) is 192 Å². The van der Waals surface area contributed by atoms with Crippen molar-refractivity contribution in [3.63, 3.8) is 0 Å². The predicted octanol–water partition coefficient (Wildman–Crippen LogP) is 18.5. The number of thioether (sulfide) groups is 2. The second-order valence-electron chi connectivity index (χ2n) is 14.5. The van der Waals surface area contributed by atoms with Gasteiger partial charge in [0.1, 0.15) is 0 Å². The van der Waals surface area contributed by atoms with Crippen molar-refractivity contribution in [2.24, 2.45) is 11.8 Å². The number of aliphatic hydroxyl groups is 1. The molecule has 0 rings (SSSR count). The number of nitrogens with zero attached hydrogens (tertiary/aromatic N) is 1. The molecular weight excluding hydrogens is 771 g/mol. The van der Waals surface area contributed by atoms with Gasteiger partial charge in [-0.15, -0.1) is 0 Å². The molecule has 0 saturated heterocycles. The maximum atomic E-state index is 9.55. The summed E-state index contributed by atoms with van der Waals surface area (Å²) in [6.07, 6.45) is 37.3. The summed E-state index contributed by atoms with van der Waals surface area (Å²) in [6, 6.07) is 0. The van der Waals surface area contributed by atoms with Gasteiger partial charge in [0, 0.05) is 6.54 Å². The van der Waals surface area contributed by atoms with Gasteiger partial charge in [-0.25, -0.2) is 0 Å². The lowest BCUT2D eigenvalue weighted by Gasteiger charge is -2.21. The number of hydrogen-bond donors (Lipinski definition) is 3. The summed E-state index contributed by atoms with van der Waals surface area (Å²) in [5.74, 6) is 9.50. The molecule has 354 valence electrons. The van der Waals surface area contributed by atoms with E-state index >= 15 is 0 Å². The highest BCUT2D eigenvalue weighted by molar-refractivity contribution is 7.99. The molecule has 0 fully saturated rings. The minimum Gasteiger partial charge on any atom is -0.395 e. The van der Waals surface area contributed by atoms with Gasteiger partial charge in [-0.2, -0.15) is 48.8 Å². The Kier molecular flexibility index (Phi) is 91.8. The highest BCUT2D eigenvalue weighted by atomic mass is 32.2. The monoisotopic (exact) mass is 886 g/mol. The molecule has 0 aromatic carbocycles. The zero-order chi connectivity index (χ0) is 44.3. The zero-order valence-electron chi connectivity index (χ0n) is 41.9. The number of thiol groups is 2. The molecule has 0 amide bonds. The lowest BCUT2D eigenvalue weighted by atomic mass is 9.97.